The van der Waals surface area contributed by atoms with Gasteiger partial charge in [-0.2, -0.15) is 0 Å². The zero-order chi connectivity index (χ0) is 28.6. The summed E-state index contributed by atoms with van der Waals surface area (Å²) in [5.74, 6) is 3.35. The molecule has 218 valence electrons. The van der Waals surface area contributed by atoms with Gasteiger partial charge in [-0.05, 0) is 68.9 Å². The molecule has 1 unspecified atom stereocenters. The maximum absolute atomic E-state index is 12.4. The largest absolute Gasteiger partial charge is 0.491 e. The Bertz CT molecular complexity index is 1590. The van der Waals surface area contributed by atoms with E-state index in [1.54, 1.807) is 13.4 Å². The first-order valence-electron chi connectivity index (χ1n) is 15.0. The number of ether oxygens (including phenoxy) is 1. The summed E-state index contributed by atoms with van der Waals surface area (Å²) in [4.78, 5) is 38.6. The van der Waals surface area contributed by atoms with Crippen LogP contribution in [0.2, 0.25) is 0 Å². The number of methoxy groups -OCH3 is 1. The van der Waals surface area contributed by atoms with Gasteiger partial charge in [0.2, 0.25) is 11.9 Å². The topological polar surface area (TPSA) is 124 Å². The highest BCUT2D eigenvalue weighted by atomic mass is 16.5. The number of nitrogens with one attached hydrogen (secondary N) is 3. The zero-order valence-corrected chi connectivity index (χ0v) is 24.1. The lowest BCUT2D eigenvalue weighted by molar-refractivity contribution is -0.134. The summed E-state index contributed by atoms with van der Waals surface area (Å²) < 4.78 is 5.74. The normalized spacial score (nSPS) is 18.5. The number of anilines is 3. The monoisotopic (exact) mass is 567 g/mol. The van der Waals surface area contributed by atoms with Gasteiger partial charge in [-0.1, -0.05) is 6.07 Å². The zero-order valence-electron chi connectivity index (χ0n) is 24.1. The summed E-state index contributed by atoms with van der Waals surface area (Å²) in [7, 11) is 1.66. The second-order valence-corrected chi connectivity index (χ2v) is 11.6. The van der Waals surface area contributed by atoms with Gasteiger partial charge in [0.25, 0.3) is 0 Å². The molecule has 7 rings (SSSR count). The number of H-pyrrole nitrogens is 1. The van der Waals surface area contributed by atoms with Crippen molar-refractivity contribution in [2.24, 2.45) is 5.92 Å². The van der Waals surface area contributed by atoms with E-state index in [1.165, 1.54) is 12.0 Å². The maximum Gasteiger partial charge on any atom is 0.225 e. The molecule has 1 aromatic carbocycles. The van der Waals surface area contributed by atoms with Crippen LogP contribution in [0.25, 0.3) is 22.3 Å². The van der Waals surface area contributed by atoms with Crippen molar-refractivity contribution in [1.82, 2.24) is 34.7 Å². The second kappa shape index (κ2) is 11.2. The number of nitrogens with zero attached hydrogens (tertiary/aromatic N) is 6. The molecule has 1 aliphatic heterocycles. The van der Waals surface area contributed by atoms with E-state index in [2.05, 4.69) is 54.5 Å². The third kappa shape index (κ3) is 5.36. The van der Waals surface area contributed by atoms with Gasteiger partial charge in [-0.15, -0.1) is 0 Å². The summed E-state index contributed by atoms with van der Waals surface area (Å²) in [6.07, 6.45) is 9.07. The Morgan fingerprint density at radius 3 is 2.62 bits per heavy atom. The van der Waals surface area contributed by atoms with Crippen molar-refractivity contribution in [2.75, 3.05) is 43.9 Å². The van der Waals surface area contributed by atoms with E-state index >= 15 is 0 Å². The minimum absolute atomic E-state index is 0.219. The first kappa shape index (κ1) is 26.6. The van der Waals surface area contributed by atoms with E-state index in [0.29, 0.717) is 23.6 Å². The smallest absolute Gasteiger partial charge is 0.225 e. The summed E-state index contributed by atoms with van der Waals surface area (Å²) in [5, 5.41) is 6.84. The fraction of sp³-hybridized carbons (Fsp3) is 0.452. The second-order valence-electron chi connectivity index (χ2n) is 11.6. The van der Waals surface area contributed by atoms with Crippen molar-refractivity contribution in [3.8, 4) is 17.0 Å². The maximum atomic E-state index is 12.4. The van der Waals surface area contributed by atoms with Crippen LogP contribution in [0, 0.1) is 5.92 Å². The predicted molar refractivity (Wildman–Crippen MR) is 162 cm³/mol. The first-order valence-corrected chi connectivity index (χ1v) is 15.0. The lowest BCUT2D eigenvalue weighted by atomic mass is 9.93. The molecule has 3 aromatic heterocycles. The van der Waals surface area contributed by atoms with Crippen molar-refractivity contribution in [1.29, 1.82) is 0 Å². The number of amides is 1. The molecule has 4 heterocycles. The molecule has 1 amide bonds. The van der Waals surface area contributed by atoms with Crippen LogP contribution in [0.4, 0.5) is 17.6 Å². The Balaban J connectivity index is 1.05. The lowest BCUT2D eigenvalue weighted by Gasteiger charge is -2.38. The number of carbonyl (C=O) groups is 1. The average molecular weight is 568 g/mol. The molecule has 0 bridgehead atoms. The molecular weight excluding hydrogens is 530 g/mol. The number of benzene rings is 1. The van der Waals surface area contributed by atoms with Crippen LogP contribution in [-0.4, -0.2) is 80.0 Å². The molecule has 3 N–H and O–H groups in total. The Kier molecular flexibility index (Phi) is 7.10. The number of hydrogen-bond donors (Lipinski definition) is 3. The Hall–Kier alpha value is -4.25. The van der Waals surface area contributed by atoms with Crippen molar-refractivity contribution < 1.29 is 9.53 Å². The SMILES string of the molecule is COc1c(NC2CCC2)ncnc1-c1ccc2nc(Nc3cc(C(C)N4CCN(C(=O)C5CC5)CC4)ccn3)[nH]c2c1. The van der Waals surface area contributed by atoms with E-state index < -0.39 is 0 Å². The van der Waals surface area contributed by atoms with E-state index in [4.69, 9.17) is 9.72 Å². The number of pyridine rings is 1. The van der Waals surface area contributed by atoms with Gasteiger partial charge in [-0.3, -0.25) is 9.69 Å². The van der Waals surface area contributed by atoms with E-state index in [9.17, 15) is 4.79 Å². The molecule has 2 saturated carbocycles. The third-order valence-corrected chi connectivity index (χ3v) is 8.82. The molecule has 11 nitrogen and oxygen atoms in total. The van der Waals surface area contributed by atoms with Crippen LogP contribution in [0.5, 0.6) is 5.75 Å². The van der Waals surface area contributed by atoms with Gasteiger partial charge in [0.15, 0.2) is 11.6 Å². The van der Waals surface area contributed by atoms with Crippen molar-refractivity contribution >= 4 is 34.5 Å². The van der Waals surface area contributed by atoms with Gasteiger partial charge < -0.3 is 25.3 Å². The molecule has 3 fully saturated rings. The van der Waals surface area contributed by atoms with E-state index in [0.717, 1.165) is 85.8 Å². The minimum Gasteiger partial charge on any atom is -0.491 e. The van der Waals surface area contributed by atoms with E-state index in [-0.39, 0.29) is 12.0 Å². The highest BCUT2D eigenvalue weighted by molar-refractivity contribution is 5.85. The molecular formula is C31H37N9O2. The molecule has 42 heavy (non-hydrogen) atoms. The highest BCUT2D eigenvalue weighted by Crippen LogP contribution is 2.36. The van der Waals surface area contributed by atoms with Crippen molar-refractivity contribution in [2.45, 2.75) is 51.1 Å². The molecule has 1 atom stereocenters. The molecule has 0 radical (unpaired) electrons. The van der Waals surface area contributed by atoms with E-state index in [1.807, 2.05) is 29.3 Å². The van der Waals surface area contributed by atoms with Gasteiger partial charge in [-0.25, -0.2) is 19.9 Å². The van der Waals surface area contributed by atoms with Gasteiger partial charge >= 0.3 is 0 Å². The van der Waals surface area contributed by atoms with Crippen molar-refractivity contribution in [3.63, 3.8) is 0 Å². The van der Waals surface area contributed by atoms with Gasteiger partial charge in [0.05, 0.1) is 18.1 Å². The Morgan fingerprint density at radius 2 is 1.88 bits per heavy atom. The molecule has 1 saturated heterocycles. The van der Waals surface area contributed by atoms with Gasteiger partial charge in [0.1, 0.15) is 17.8 Å². The van der Waals surface area contributed by atoms with Crippen LogP contribution in [0.15, 0.2) is 42.9 Å². The molecule has 11 heteroatoms. The van der Waals surface area contributed by atoms with Crippen LogP contribution >= 0.6 is 0 Å². The van der Waals surface area contributed by atoms with Crippen LogP contribution in [0.1, 0.15) is 50.6 Å². The van der Waals surface area contributed by atoms with Crippen LogP contribution < -0.4 is 15.4 Å². The summed E-state index contributed by atoms with van der Waals surface area (Å²) in [6.45, 7) is 5.58. The molecule has 3 aliphatic rings. The average Bonchev–Trinajstić information content (AvgIpc) is 3.78. The number of piperazine rings is 1. The minimum atomic E-state index is 0.219. The third-order valence-electron chi connectivity index (χ3n) is 8.82. The molecule has 4 aromatic rings. The van der Waals surface area contributed by atoms with Crippen LogP contribution in [-0.2, 0) is 4.79 Å². The number of aromatic amines is 1. The van der Waals surface area contributed by atoms with Crippen LogP contribution in [0.3, 0.4) is 0 Å². The fourth-order valence-corrected chi connectivity index (χ4v) is 5.86. The summed E-state index contributed by atoms with van der Waals surface area (Å²) in [6, 6.07) is 10.8. The number of aromatic nitrogens is 5. The number of imidazole rings is 1. The van der Waals surface area contributed by atoms with Crippen molar-refractivity contribution in [3.05, 3.63) is 48.4 Å². The number of fused-ring (bicyclic) bond motifs is 1. The first-order chi connectivity index (χ1) is 20.6. The summed E-state index contributed by atoms with van der Waals surface area (Å²) in [5.41, 5.74) is 4.55. The number of rotatable bonds is 9. The molecule has 0 spiro atoms. The predicted octanol–water partition coefficient (Wildman–Crippen LogP) is 4.75. The fourth-order valence-electron chi connectivity index (χ4n) is 5.86. The quantitative estimate of drug-likeness (QED) is 0.263. The number of carbonyl (C=O) groups excluding carboxylic acids is 1. The Labute approximate surface area is 245 Å². The summed E-state index contributed by atoms with van der Waals surface area (Å²) >= 11 is 0. The standard InChI is InChI=1S/C31H37N9O2/c1-19(39-12-14-40(15-13-39)30(41)20-6-7-20)21-10-11-32-26(17-21)38-31-36-24-9-8-22(16-25(24)37-31)27-28(42-2)29(34-18-33-27)35-23-4-3-5-23/h8-11,16-20,23H,3-7,12-15H2,1-2H3,(H,33,34,35)(H2,32,36,37,38). The molecule has 2 aliphatic carbocycles. The Morgan fingerprint density at radius 1 is 1.05 bits per heavy atom. The highest BCUT2D eigenvalue weighted by Gasteiger charge is 2.35. The lowest BCUT2D eigenvalue weighted by Crippen LogP contribution is -2.49. The van der Waals surface area contributed by atoms with Gasteiger partial charge in [0, 0.05) is 55.9 Å². The number of hydrogen-bond acceptors (Lipinski definition) is 9.